The van der Waals surface area contributed by atoms with Crippen molar-refractivity contribution in [3.8, 4) is 11.8 Å². The van der Waals surface area contributed by atoms with E-state index in [1.165, 1.54) is 0 Å². The van der Waals surface area contributed by atoms with Gasteiger partial charge in [0.05, 0.1) is 5.57 Å². The molecule has 2 rings (SSSR count). The Labute approximate surface area is 110 Å². The van der Waals surface area contributed by atoms with Crippen molar-refractivity contribution in [2.24, 2.45) is 5.73 Å². The van der Waals surface area contributed by atoms with Crippen LogP contribution in [0, 0.1) is 11.3 Å². The van der Waals surface area contributed by atoms with Crippen molar-refractivity contribution in [1.29, 1.82) is 5.26 Å². The molecule has 3 nitrogen and oxygen atoms in total. The third-order valence-electron chi connectivity index (χ3n) is 2.62. The Balaban J connectivity index is 2.71. The largest absolute Gasteiger partial charge is 0.507 e. The molecule has 0 unspecified atom stereocenters. The number of hydrogen-bond acceptors (Lipinski definition) is 3. The monoisotopic (exact) mass is 254 g/mol. The highest BCUT2D eigenvalue weighted by Crippen LogP contribution is 2.28. The average Bonchev–Trinajstić information content (AvgIpc) is 2.38. The molecule has 0 aliphatic carbocycles. The Hall–Kier alpha value is -2.38. The van der Waals surface area contributed by atoms with Gasteiger partial charge in [0.2, 0.25) is 0 Å². The summed E-state index contributed by atoms with van der Waals surface area (Å²) < 4.78 is 0. The van der Waals surface area contributed by atoms with Crippen molar-refractivity contribution >= 4 is 34.1 Å². The van der Waals surface area contributed by atoms with Crippen LogP contribution in [0.4, 0.5) is 0 Å². The first kappa shape index (κ1) is 12.1. The van der Waals surface area contributed by atoms with Gasteiger partial charge in [0.25, 0.3) is 0 Å². The maximum absolute atomic E-state index is 9.76. The first-order valence-corrected chi connectivity index (χ1v) is 5.66. The van der Waals surface area contributed by atoms with Gasteiger partial charge in [0, 0.05) is 5.39 Å². The quantitative estimate of drug-likeness (QED) is 0.491. The Morgan fingerprint density at radius 2 is 1.89 bits per heavy atom. The molecule has 3 N–H and O–H groups in total. The second-order valence-electron chi connectivity index (χ2n) is 3.75. The van der Waals surface area contributed by atoms with Gasteiger partial charge < -0.3 is 10.8 Å². The number of phenols is 1. The Bertz CT molecular complexity index is 698. The number of nitrogens with zero attached hydrogens (tertiary/aromatic N) is 1. The lowest BCUT2D eigenvalue weighted by molar-refractivity contribution is 0.481. The van der Waals surface area contributed by atoms with Crippen LogP contribution >= 0.6 is 12.2 Å². The van der Waals surface area contributed by atoms with Crippen LogP contribution in [0.15, 0.2) is 42.0 Å². The summed E-state index contributed by atoms with van der Waals surface area (Å²) in [5.74, 6) is 0.205. The van der Waals surface area contributed by atoms with Crippen LogP contribution < -0.4 is 5.73 Å². The van der Waals surface area contributed by atoms with Gasteiger partial charge in [-0.3, -0.25) is 0 Å². The molecule has 0 saturated heterocycles. The molecule has 0 aromatic heterocycles. The number of nitriles is 1. The first-order chi connectivity index (χ1) is 8.63. The molecule has 0 amide bonds. The molecule has 0 saturated carbocycles. The zero-order valence-corrected chi connectivity index (χ0v) is 10.2. The standard InChI is InChI=1S/C14H10N2OS/c15-8-10(14(16)18)7-9-5-6-13(17)12-4-2-1-3-11(9)12/h1-7,17H,(H2,16,18)/b10-7-. The summed E-state index contributed by atoms with van der Waals surface area (Å²) in [4.78, 5) is 0.0645. The molecular weight excluding hydrogens is 244 g/mol. The molecule has 0 fully saturated rings. The number of hydrogen-bond donors (Lipinski definition) is 2. The summed E-state index contributed by atoms with van der Waals surface area (Å²) in [7, 11) is 0. The number of phenolic OH excluding ortho intramolecular Hbond substituents is 1. The molecule has 0 spiro atoms. The SMILES string of the molecule is N#C/C(=C/c1ccc(O)c2ccccc12)C(N)=S. The van der Waals surface area contributed by atoms with E-state index in [2.05, 4.69) is 0 Å². The van der Waals surface area contributed by atoms with E-state index in [0.717, 1.165) is 16.3 Å². The minimum Gasteiger partial charge on any atom is -0.507 e. The predicted molar refractivity (Wildman–Crippen MR) is 76.0 cm³/mol. The molecule has 0 aliphatic heterocycles. The maximum Gasteiger partial charge on any atom is 0.123 e. The number of thiocarbonyl (C=S) groups is 1. The van der Waals surface area contributed by atoms with Crippen molar-refractivity contribution < 1.29 is 5.11 Å². The van der Waals surface area contributed by atoms with E-state index in [0.29, 0.717) is 0 Å². The summed E-state index contributed by atoms with van der Waals surface area (Å²) >= 11 is 4.80. The third kappa shape index (κ3) is 2.17. The van der Waals surface area contributed by atoms with Crippen LogP contribution in [0.1, 0.15) is 5.56 Å². The van der Waals surface area contributed by atoms with Crippen LogP contribution in [0.25, 0.3) is 16.8 Å². The van der Waals surface area contributed by atoms with Gasteiger partial charge in [-0.15, -0.1) is 0 Å². The number of benzene rings is 2. The highest BCUT2D eigenvalue weighted by molar-refractivity contribution is 7.80. The lowest BCUT2D eigenvalue weighted by atomic mass is 10.0. The zero-order valence-electron chi connectivity index (χ0n) is 9.42. The lowest BCUT2D eigenvalue weighted by Gasteiger charge is -2.05. The van der Waals surface area contributed by atoms with Crippen LogP contribution in [-0.4, -0.2) is 10.1 Å². The van der Waals surface area contributed by atoms with Crippen molar-refractivity contribution in [3.05, 3.63) is 47.5 Å². The number of aromatic hydroxyl groups is 1. The Morgan fingerprint density at radius 1 is 1.22 bits per heavy atom. The normalized spacial score (nSPS) is 11.2. The number of nitrogens with two attached hydrogens (primary N) is 1. The maximum atomic E-state index is 9.76. The minimum absolute atomic E-state index is 0.0645. The van der Waals surface area contributed by atoms with Crippen LogP contribution in [0.2, 0.25) is 0 Å². The molecule has 2 aromatic carbocycles. The van der Waals surface area contributed by atoms with Gasteiger partial charge in [-0.1, -0.05) is 42.5 Å². The predicted octanol–water partition coefficient (Wildman–Crippen LogP) is 2.74. The van der Waals surface area contributed by atoms with Gasteiger partial charge in [0.15, 0.2) is 0 Å². The molecule has 2 aromatic rings. The van der Waals surface area contributed by atoms with E-state index < -0.39 is 0 Å². The first-order valence-electron chi connectivity index (χ1n) is 5.26. The van der Waals surface area contributed by atoms with E-state index >= 15 is 0 Å². The van der Waals surface area contributed by atoms with E-state index in [-0.39, 0.29) is 16.3 Å². The minimum atomic E-state index is 0.0645. The molecule has 0 aliphatic rings. The fourth-order valence-electron chi connectivity index (χ4n) is 1.75. The highest BCUT2D eigenvalue weighted by Gasteiger charge is 2.05. The summed E-state index contributed by atoms with van der Waals surface area (Å²) in [6.45, 7) is 0. The molecule has 88 valence electrons. The molecule has 0 atom stereocenters. The zero-order chi connectivity index (χ0) is 13.1. The van der Waals surface area contributed by atoms with E-state index in [1.54, 1.807) is 18.2 Å². The fraction of sp³-hybridized carbons (Fsp3) is 0. The van der Waals surface area contributed by atoms with Crippen LogP contribution in [0.3, 0.4) is 0 Å². The van der Waals surface area contributed by atoms with Gasteiger partial charge >= 0.3 is 0 Å². The molecule has 0 heterocycles. The Morgan fingerprint density at radius 3 is 2.50 bits per heavy atom. The summed E-state index contributed by atoms with van der Waals surface area (Å²) in [5.41, 5.74) is 6.51. The van der Waals surface area contributed by atoms with Gasteiger partial charge in [-0.2, -0.15) is 5.26 Å². The highest BCUT2D eigenvalue weighted by atomic mass is 32.1. The summed E-state index contributed by atoms with van der Waals surface area (Å²) in [6, 6.07) is 12.7. The van der Waals surface area contributed by atoms with Crippen molar-refractivity contribution in [2.45, 2.75) is 0 Å². The number of rotatable bonds is 2. The smallest absolute Gasteiger partial charge is 0.123 e. The molecule has 4 heteroatoms. The van der Waals surface area contributed by atoms with E-state index in [9.17, 15) is 5.11 Å². The lowest BCUT2D eigenvalue weighted by Crippen LogP contribution is -2.09. The summed E-state index contributed by atoms with van der Waals surface area (Å²) in [6.07, 6.45) is 1.63. The third-order valence-corrected chi connectivity index (χ3v) is 2.84. The van der Waals surface area contributed by atoms with Crippen molar-refractivity contribution in [2.75, 3.05) is 0 Å². The fourth-order valence-corrected chi connectivity index (χ4v) is 1.85. The summed E-state index contributed by atoms with van der Waals surface area (Å²) in [5, 5.41) is 20.3. The second-order valence-corrected chi connectivity index (χ2v) is 4.19. The Kier molecular flexibility index (Phi) is 3.26. The topological polar surface area (TPSA) is 70.0 Å². The van der Waals surface area contributed by atoms with Crippen molar-refractivity contribution in [3.63, 3.8) is 0 Å². The van der Waals surface area contributed by atoms with E-state index in [4.69, 9.17) is 23.2 Å². The average molecular weight is 254 g/mol. The number of fused-ring (bicyclic) bond motifs is 1. The van der Waals surface area contributed by atoms with Crippen molar-refractivity contribution in [1.82, 2.24) is 0 Å². The molecule has 0 radical (unpaired) electrons. The second kappa shape index (κ2) is 4.86. The molecule has 18 heavy (non-hydrogen) atoms. The molecular formula is C14H10N2OS. The van der Waals surface area contributed by atoms with Gasteiger partial charge in [-0.05, 0) is 23.1 Å². The molecule has 0 bridgehead atoms. The van der Waals surface area contributed by atoms with Gasteiger partial charge in [-0.25, -0.2) is 0 Å². The van der Waals surface area contributed by atoms with E-state index in [1.807, 2.05) is 30.3 Å². The van der Waals surface area contributed by atoms with Crippen LogP contribution in [-0.2, 0) is 0 Å². The van der Waals surface area contributed by atoms with Crippen LogP contribution in [0.5, 0.6) is 5.75 Å². The van der Waals surface area contributed by atoms with Gasteiger partial charge in [0.1, 0.15) is 16.8 Å².